The molecule has 0 unspecified atom stereocenters. The Balaban J connectivity index is 2.01. The second-order valence-corrected chi connectivity index (χ2v) is 3.65. The molecule has 2 heterocycles. The van der Waals surface area contributed by atoms with Gasteiger partial charge in [0.05, 0.1) is 12.8 Å². The highest BCUT2D eigenvalue weighted by atomic mass is 16.4. The number of hydrogen-bond donors (Lipinski definition) is 2. The van der Waals surface area contributed by atoms with Crippen LogP contribution >= 0.6 is 0 Å². The van der Waals surface area contributed by atoms with E-state index in [1.807, 2.05) is 0 Å². The Labute approximate surface area is 102 Å². The summed E-state index contributed by atoms with van der Waals surface area (Å²) in [6, 6.07) is 4.53. The number of amides is 1. The van der Waals surface area contributed by atoms with Gasteiger partial charge in [0.2, 0.25) is 0 Å². The zero-order chi connectivity index (χ0) is 13.1. The molecule has 0 radical (unpaired) electrons. The van der Waals surface area contributed by atoms with Gasteiger partial charge in [-0.1, -0.05) is 0 Å². The molecule has 18 heavy (non-hydrogen) atoms. The molecule has 0 saturated heterocycles. The molecule has 0 atom stereocenters. The van der Waals surface area contributed by atoms with Crippen LogP contribution < -0.4 is 5.32 Å². The van der Waals surface area contributed by atoms with Crippen LogP contribution in [0.5, 0.6) is 0 Å². The number of carbonyl (C=O) groups excluding carboxylic acids is 1. The smallest absolute Gasteiger partial charge is 0.339 e. The Hall–Kier alpha value is -2.50. The lowest BCUT2D eigenvalue weighted by atomic mass is 10.2. The van der Waals surface area contributed by atoms with Crippen molar-refractivity contribution in [3.8, 4) is 0 Å². The van der Waals surface area contributed by atoms with E-state index in [0.717, 1.165) is 0 Å². The third-order valence-electron chi connectivity index (χ3n) is 2.37. The number of carbonyl (C=O) groups is 2. The Kier molecular flexibility index (Phi) is 3.18. The van der Waals surface area contributed by atoms with Crippen molar-refractivity contribution in [3.05, 3.63) is 47.3 Å². The number of furan rings is 2. The molecular weight excluding hydrogens is 238 g/mol. The van der Waals surface area contributed by atoms with Gasteiger partial charge >= 0.3 is 5.97 Å². The fourth-order valence-corrected chi connectivity index (χ4v) is 1.51. The number of aromatic carboxylic acids is 1. The number of rotatable bonds is 4. The lowest BCUT2D eigenvalue weighted by Crippen LogP contribution is -2.21. The van der Waals surface area contributed by atoms with Gasteiger partial charge < -0.3 is 19.3 Å². The van der Waals surface area contributed by atoms with Crippen molar-refractivity contribution >= 4 is 11.9 Å². The van der Waals surface area contributed by atoms with E-state index >= 15 is 0 Å². The average Bonchev–Trinajstić information content (AvgIpc) is 2.94. The van der Waals surface area contributed by atoms with Gasteiger partial charge in [0, 0.05) is 0 Å². The first-order chi connectivity index (χ1) is 8.58. The van der Waals surface area contributed by atoms with Crippen LogP contribution in [-0.2, 0) is 6.54 Å². The minimum Gasteiger partial charge on any atom is -0.478 e. The second kappa shape index (κ2) is 4.79. The summed E-state index contributed by atoms with van der Waals surface area (Å²) in [5.41, 5.74) is 0.0947. The van der Waals surface area contributed by atoms with Crippen LogP contribution in [-0.4, -0.2) is 17.0 Å². The Morgan fingerprint density at radius 1 is 1.44 bits per heavy atom. The maximum absolute atomic E-state index is 11.5. The predicted molar refractivity (Wildman–Crippen MR) is 60.3 cm³/mol. The standard InChI is InChI=1S/C12H11NO5/c1-7-9(12(15)16)5-8(18-7)6-13-11(14)10-3-2-4-17-10/h2-5H,6H2,1H3,(H,13,14)(H,15,16). The number of hydrogen-bond acceptors (Lipinski definition) is 4. The van der Waals surface area contributed by atoms with E-state index < -0.39 is 5.97 Å². The molecule has 0 fully saturated rings. The number of aryl methyl sites for hydroxylation is 1. The largest absolute Gasteiger partial charge is 0.478 e. The van der Waals surface area contributed by atoms with Crippen molar-refractivity contribution in [1.82, 2.24) is 5.32 Å². The van der Waals surface area contributed by atoms with Crippen molar-refractivity contribution in [2.24, 2.45) is 0 Å². The SMILES string of the molecule is Cc1oc(CNC(=O)c2ccco2)cc1C(=O)O. The zero-order valence-corrected chi connectivity index (χ0v) is 9.60. The fraction of sp³-hybridized carbons (Fsp3) is 0.167. The van der Waals surface area contributed by atoms with Crippen LogP contribution in [0.2, 0.25) is 0 Å². The highest BCUT2D eigenvalue weighted by molar-refractivity contribution is 5.91. The lowest BCUT2D eigenvalue weighted by Gasteiger charge is -1.99. The molecule has 0 aliphatic rings. The molecule has 2 N–H and O–H groups in total. The first-order valence-electron chi connectivity index (χ1n) is 5.22. The molecule has 0 aliphatic carbocycles. The van der Waals surface area contributed by atoms with E-state index in [1.165, 1.54) is 18.4 Å². The highest BCUT2D eigenvalue weighted by Crippen LogP contribution is 2.14. The monoisotopic (exact) mass is 249 g/mol. The molecular formula is C12H11NO5. The molecule has 94 valence electrons. The maximum atomic E-state index is 11.5. The van der Waals surface area contributed by atoms with Crippen LogP contribution in [0.3, 0.4) is 0 Å². The zero-order valence-electron chi connectivity index (χ0n) is 9.60. The summed E-state index contributed by atoms with van der Waals surface area (Å²) in [4.78, 5) is 22.3. The summed E-state index contributed by atoms with van der Waals surface area (Å²) in [7, 11) is 0. The van der Waals surface area contributed by atoms with Gasteiger partial charge in [0.15, 0.2) is 5.76 Å². The minimum absolute atomic E-state index is 0.0947. The molecule has 0 bridgehead atoms. The first kappa shape index (κ1) is 12.0. The van der Waals surface area contributed by atoms with Crippen LogP contribution in [0.25, 0.3) is 0 Å². The average molecular weight is 249 g/mol. The summed E-state index contributed by atoms with van der Waals surface area (Å²) >= 11 is 0. The van der Waals surface area contributed by atoms with E-state index in [-0.39, 0.29) is 23.8 Å². The normalized spacial score (nSPS) is 10.3. The van der Waals surface area contributed by atoms with E-state index in [1.54, 1.807) is 13.0 Å². The molecule has 2 aromatic heterocycles. The summed E-state index contributed by atoms with van der Waals surface area (Å²) in [5.74, 6) is -0.558. The molecule has 2 rings (SSSR count). The molecule has 6 nitrogen and oxygen atoms in total. The second-order valence-electron chi connectivity index (χ2n) is 3.65. The minimum atomic E-state index is -1.06. The van der Waals surface area contributed by atoms with Gasteiger partial charge in [0.1, 0.15) is 17.1 Å². The van der Waals surface area contributed by atoms with Gasteiger partial charge in [-0.2, -0.15) is 0 Å². The number of carboxylic acids is 1. The fourth-order valence-electron chi connectivity index (χ4n) is 1.51. The van der Waals surface area contributed by atoms with Crippen molar-refractivity contribution in [3.63, 3.8) is 0 Å². The predicted octanol–water partition coefficient (Wildman–Crippen LogP) is 1.81. The first-order valence-corrected chi connectivity index (χ1v) is 5.22. The summed E-state index contributed by atoms with van der Waals surface area (Å²) in [5, 5.41) is 11.4. The van der Waals surface area contributed by atoms with Crippen LogP contribution in [0.4, 0.5) is 0 Å². The van der Waals surface area contributed by atoms with Crippen LogP contribution in [0.1, 0.15) is 32.4 Å². The van der Waals surface area contributed by atoms with E-state index in [4.69, 9.17) is 13.9 Å². The summed E-state index contributed by atoms with van der Waals surface area (Å²) in [6.45, 7) is 1.66. The summed E-state index contributed by atoms with van der Waals surface area (Å²) in [6.07, 6.45) is 1.40. The van der Waals surface area contributed by atoms with Gasteiger partial charge in [-0.15, -0.1) is 0 Å². The van der Waals surface area contributed by atoms with E-state index in [9.17, 15) is 9.59 Å². The van der Waals surface area contributed by atoms with E-state index in [0.29, 0.717) is 11.5 Å². The lowest BCUT2D eigenvalue weighted by molar-refractivity contribution is 0.0694. The maximum Gasteiger partial charge on any atom is 0.339 e. The van der Waals surface area contributed by atoms with Crippen molar-refractivity contribution in [2.75, 3.05) is 0 Å². The van der Waals surface area contributed by atoms with Crippen LogP contribution in [0, 0.1) is 6.92 Å². The number of nitrogens with one attached hydrogen (secondary N) is 1. The Morgan fingerprint density at radius 3 is 2.78 bits per heavy atom. The van der Waals surface area contributed by atoms with E-state index in [2.05, 4.69) is 5.32 Å². The molecule has 2 aromatic rings. The molecule has 0 spiro atoms. The Bertz CT molecular complexity index is 567. The van der Waals surface area contributed by atoms with Gasteiger partial charge in [-0.3, -0.25) is 4.79 Å². The molecule has 0 aromatic carbocycles. The highest BCUT2D eigenvalue weighted by Gasteiger charge is 2.15. The number of carboxylic acid groups (broad SMARTS) is 1. The summed E-state index contributed by atoms with van der Waals surface area (Å²) < 4.78 is 10.1. The van der Waals surface area contributed by atoms with Crippen molar-refractivity contribution in [1.29, 1.82) is 0 Å². The van der Waals surface area contributed by atoms with Crippen molar-refractivity contribution in [2.45, 2.75) is 13.5 Å². The third-order valence-corrected chi connectivity index (χ3v) is 2.37. The van der Waals surface area contributed by atoms with Crippen LogP contribution in [0.15, 0.2) is 33.3 Å². The van der Waals surface area contributed by atoms with Gasteiger partial charge in [-0.25, -0.2) is 4.79 Å². The molecule has 6 heteroatoms. The molecule has 0 saturated carbocycles. The quantitative estimate of drug-likeness (QED) is 0.861. The topological polar surface area (TPSA) is 92.7 Å². The Morgan fingerprint density at radius 2 is 2.22 bits per heavy atom. The van der Waals surface area contributed by atoms with Gasteiger partial charge in [0.25, 0.3) is 5.91 Å². The third kappa shape index (κ3) is 2.42. The molecule has 0 aliphatic heterocycles. The molecule has 1 amide bonds. The van der Waals surface area contributed by atoms with Gasteiger partial charge in [-0.05, 0) is 25.1 Å². The van der Waals surface area contributed by atoms with Crippen molar-refractivity contribution < 1.29 is 23.5 Å².